The van der Waals surface area contributed by atoms with Crippen molar-refractivity contribution in [1.82, 2.24) is 0 Å². The highest BCUT2D eigenvalue weighted by molar-refractivity contribution is 7.99. The summed E-state index contributed by atoms with van der Waals surface area (Å²) in [5.74, 6) is 0.427. The van der Waals surface area contributed by atoms with Crippen molar-refractivity contribution in [1.29, 1.82) is 0 Å². The first-order valence-corrected chi connectivity index (χ1v) is 9.35. The minimum absolute atomic E-state index is 0.177. The molecule has 0 fully saturated rings. The van der Waals surface area contributed by atoms with Gasteiger partial charge in [0.1, 0.15) is 5.75 Å². The molecule has 0 radical (unpaired) electrons. The van der Waals surface area contributed by atoms with E-state index < -0.39 is 0 Å². The zero-order valence-corrected chi connectivity index (χ0v) is 15.2. The fourth-order valence-electron chi connectivity index (χ4n) is 2.18. The van der Waals surface area contributed by atoms with Crippen LogP contribution >= 0.6 is 11.8 Å². The molecule has 0 unspecified atom stereocenters. The van der Waals surface area contributed by atoms with Crippen molar-refractivity contribution < 1.29 is 9.53 Å². The molecule has 2 aromatic carbocycles. The van der Waals surface area contributed by atoms with Gasteiger partial charge in [-0.1, -0.05) is 38.1 Å². The van der Waals surface area contributed by atoms with Crippen LogP contribution in [0, 0.1) is 0 Å². The van der Waals surface area contributed by atoms with Crippen LogP contribution < -0.4 is 10.1 Å². The summed E-state index contributed by atoms with van der Waals surface area (Å²) in [6.45, 7) is 5.16. The monoisotopic (exact) mass is 343 g/mol. The highest BCUT2D eigenvalue weighted by atomic mass is 32.2. The molecule has 0 aliphatic heterocycles. The summed E-state index contributed by atoms with van der Waals surface area (Å²) in [5, 5.41) is 3.44. The molecule has 24 heavy (non-hydrogen) atoms. The van der Waals surface area contributed by atoms with Gasteiger partial charge in [0.05, 0.1) is 0 Å². The Bertz CT molecular complexity index is 640. The van der Waals surface area contributed by atoms with Crippen molar-refractivity contribution in [3.05, 3.63) is 48.5 Å². The van der Waals surface area contributed by atoms with Gasteiger partial charge in [-0.3, -0.25) is 4.79 Å². The van der Waals surface area contributed by atoms with E-state index in [2.05, 4.69) is 36.5 Å². The molecule has 0 saturated carbocycles. The quantitative estimate of drug-likeness (QED) is 0.357. The van der Waals surface area contributed by atoms with Crippen molar-refractivity contribution in [3.8, 4) is 5.75 Å². The molecule has 2 rings (SSSR count). The van der Waals surface area contributed by atoms with Crippen molar-refractivity contribution in [2.45, 2.75) is 49.3 Å². The normalized spacial score (nSPS) is 10.4. The molecule has 3 nitrogen and oxygen atoms in total. The maximum absolute atomic E-state index is 11.5. The van der Waals surface area contributed by atoms with Crippen LogP contribution in [0.4, 0.5) is 5.69 Å². The third-order valence-electron chi connectivity index (χ3n) is 3.44. The van der Waals surface area contributed by atoms with E-state index in [1.54, 1.807) is 11.8 Å². The Morgan fingerprint density at radius 3 is 2.54 bits per heavy atom. The van der Waals surface area contributed by atoms with Crippen LogP contribution in [-0.4, -0.2) is 12.5 Å². The fraction of sp³-hybridized carbons (Fsp3) is 0.350. The van der Waals surface area contributed by atoms with Crippen molar-refractivity contribution in [2.24, 2.45) is 0 Å². The summed E-state index contributed by atoms with van der Waals surface area (Å²) in [6.07, 6.45) is 3.62. The van der Waals surface area contributed by atoms with Crippen LogP contribution in [0.1, 0.15) is 39.5 Å². The highest BCUT2D eigenvalue weighted by Crippen LogP contribution is 2.30. The lowest BCUT2D eigenvalue weighted by Gasteiger charge is -2.08. The van der Waals surface area contributed by atoms with E-state index in [1.165, 1.54) is 17.7 Å². The number of carbonyl (C=O) groups excluding carboxylic acids is 1. The fourth-order valence-corrected chi connectivity index (χ4v) is 3.05. The van der Waals surface area contributed by atoms with Gasteiger partial charge >= 0.3 is 5.97 Å². The van der Waals surface area contributed by atoms with Crippen LogP contribution in [0.25, 0.3) is 0 Å². The lowest BCUT2D eigenvalue weighted by molar-refractivity contribution is -0.134. The molecule has 1 N–H and O–H groups in total. The second-order valence-corrected chi connectivity index (χ2v) is 6.75. The summed E-state index contributed by atoms with van der Waals surface area (Å²) in [7, 11) is 0. The average Bonchev–Trinajstić information content (AvgIpc) is 2.58. The molecule has 0 bridgehead atoms. The van der Waals surface area contributed by atoms with E-state index >= 15 is 0 Å². The van der Waals surface area contributed by atoms with Crippen LogP contribution in [0.15, 0.2) is 58.3 Å². The number of benzene rings is 2. The number of anilines is 1. The molecule has 4 heteroatoms. The van der Waals surface area contributed by atoms with Crippen molar-refractivity contribution >= 4 is 23.4 Å². The van der Waals surface area contributed by atoms with Gasteiger partial charge in [-0.05, 0) is 55.3 Å². The molecule has 0 heterocycles. The Morgan fingerprint density at radius 1 is 1.04 bits per heavy atom. The highest BCUT2D eigenvalue weighted by Gasteiger charge is 2.04. The summed E-state index contributed by atoms with van der Waals surface area (Å²) in [5.41, 5.74) is 1.15. The average molecular weight is 343 g/mol. The zero-order valence-electron chi connectivity index (χ0n) is 14.4. The van der Waals surface area contributed by atoms with Crippen molar-refractivity contribution in [2.75, 3.05) is 11.9 Å². The summed E-state index contributed by atoms with van der Waals surface area (Å²) < 4.78 is 5.28. The zero-order chi connectivity index (χ0) is 17.2. The number of hydrogen-bond acceptors (Lipinski definition) is 4. The number of hydrogen-bond donors (Lipinski definition) is 1. The summed E-state index contributed by atoms with van der Waals surface area (Å²) in [4.78, 5) is 13.8. The SMILES string of the molecule is CCCCNc1cccc(Sc2ccc(OC(=O)CCC)cc2)c1. The first kappa shape index (κ1) is 18.4. The Morgan fingerprint density at radius 2 is 1.83 bits per heavy atom. The van der Waals surface area contributed by atoms with Crippen LogP contribution in [0.2, 0.25) is 0 Å². The Kier molecular flexibility index (Phi) is 7.69. The second-order valence-electron chi connectivity index (χ2n) is 5.61. The standard InChI is InChI=1S/C20H25NO2S/c1-3-5-14-21-16-8-6-9-19(15-16)24-18-12-10-17(11-13-18)23-20(22)7-4-2/h6,8-13,15,21H,3-5,7,14H2,1-2H3. The molecule has 128 valence electrons. The number of rotatable bonds is 9. The molecule has 0 aliphatic rings. The van der Waals surface area contributed by atoms with Crippen LogP contribution in [0.3, 0.4) is 0 Å². The molecular weight excluding hydrogens is 318 g/mol. The smallest absolute Gasteiger partial charge is 0.311 e. The number of ether oxygens (including phenoxy) is 1. The topological polar surface area (TPSA) is 38.3 Å². The van der Waals surface area contributed by atoms with Gasteiger partial charge in [0.25, 0.3) is 0 Å². The number of nitrogens with one attached hydrogen (secondary N) is 1. The summed E-state index contributed by atoms with van der Waals surface area (Å²) >= 11 is 1.70. The predicted molar refractivity (Wildman–Crippen MR) is 101 cm³/mol. The predicted octanol–water partition coefficient (Wildman–Crippen LogP) is 5.76. The largest absolute Gasteiger partial charge is 0.427 e. The minimum atomic E-state index is -0.177. The number of unbranched alkanes of at least 4 members (excludes halogenated alkanes) is 1. The third kappa shape index (κ3) is 6.28. The number of carbonyl (C=O) groups is 1. The molecular formula is C20H25NO2S. The van der Waals surface area contributed by atoms with Gasteiger partial charge < -0.3 is 10.1 Å². The lowest BCUT2D eigenvalue weighted by Crippen LogP contribution is -2.06. The maximum atomic E-state index is 11.5. The Balaban J connectivity index is 1.93. The van der Waals surface area contributed by atoms with E-state index in [-0.39, 0.29) is 5.97 Å². The van der Waals surface area contributed by atoms with Crippen LogP contribution in [0.5, 0.6) is 5.75 Å². The molecule has 0 spiro atoms. The van der Waals surface area contributed by atoms with E-state index in [0.29, 0.717) is 12.2 Å². The van der Waals surface area contributed by atoms with Crippen molar-refractivity contribution in [3.63, 3.8) is 0 Å². The molecule has 2 aromatic rings. The molecule has 0 aliphatic carbocycles. The third-order valence-corrected chi connectivity index (χ3v) is 4.44. The molecule has 0 amide bonds. The van der Waals surface area contributed by atoms with Gasteiger partial charge in [0, 0.05) is 28.4 Å². The van der Waals surface area contributed by atoms with Gasteiger partial charge in [0.15, 0.2) is 0 Å². The van der Waals surface area contributed by atoms with Gasteiger partial charge in [-0.25, -0.2) is 0 Å². The van der Waals surface area contributed by atoms with Gasteiger partial charge in [-0.15, -0.1) is 0 Å². The molecule has 0 atom stereocenters. The maximum Gasteiger partial charge on any atom is 0.311 e. The molecule has 0 aromatic heterocycles. The lowest BCUT2D eigenvalue weighted by atomic mass is 10.3. The van der Waals surface area contributed by atoms with E-state index in [9.17, 15) is 4.79 Å². The minimum Gasteiger partial charge on any atom is -0.427 e. The Hall–Kier alpha value is -1.94. The second kappa shape index (κ2) is 10.0. The van der Waals surface area contributed by atoms with E-state index in [1.807, 2.05) is 31.2 Å². The van der Waals surface area contributed by atoms with Gasteiger partial charge in [0.2, 0.25) is 0 Å². The summed E-state index contributed by atoms with van der Waals surface area (Å²) in [6, 6.07) is 16.1. The van der Waals surface area contributed by atoms with E-state index in [4.69, 9.17) is 4.74 Å². The van der Waals surface area contributed by atoms with Crippen LogP contribution in [-0.2, 0) is 4.79 Å². The first-order valence-electron chi connectivity index (χ1n) is 8.53. The number of esters is 1. The molecule has 0 saturated heterocycles. The Labute approximate surface area is 148 Å². The first-order chi connectivity index (χ1) is 11.7. The van der Waals surface area contributed by atoms with Gasteiger partial charge in [-0.2, -0.15) is 0 Å². The van der Waals surface area contributed by atoms with E-state index in [0.717, 1.165) is 23.5 Å².